The molecule has 94 valence electrons. The Morgan fingerprint density at radius 2 is 2.17 bits per heavy atom. The molecule has 1 N–H and O–H groups in total. The molecule has 1 aromatic carbocycles. The van der Waals surface area contributed by atoms with Gasteiger partial charge in [0.2, 0.25) is 0 Å². The smallest absolute Gasteiger partial charge is 0.251 e. The van der Waals surface area contributed by atoms with Gasteiger partial charge in [0.1, 0.15) is 5.82 Å². The summed E-state index contributed by atoms with van der Waals surface area (Å²) in [6.45, 7) is 0.554. The van der Waals surface area contributed by atoms with Crippen molar-refractivity contribution in [1.29, 1.82) is 0 Å². The number of rotatable bonds is 5. The van der Waals surface area contributed by atoms with E-state index >= 15 is 0 Å². The number of aromatic nitrogens is 2. The van der Waals surface area contributed by atoms with Crippen molar-refractivity contribution in [2.45, 2.75) is 10.8 Å². The standard InChI is InChI=1S/C12H13N3OS2/c1-17-12-14-10(15-18-12)7-8-13-11(16)9-5-3-2-4-6-9/h2-6H,7-8H2,1H3,(H,13,16). The second-order valence-electron chi connectivity index (χ2n) is 3.55. The van der Waals surface area contributed by atoms with Gasteiger partial charge in [0.25, 0.3) is 5.91 Å². The lowest BCUT2D eigenvalue weighted by Crippen LogP contribution is -2.25. The van der Waals surface area contributed by atoms with E-state index in [1.54, 1.807) is 23.9 Å². The Bertz CT molecular complexity index is 513. The van der Waals surface area contributed by atoms with Gasteiger partial charge in [-0.15, -0.1) is 0 Å². The van der Waals surface area contributed by atoms with E-state index in [1.807, 2.05) is 24.5 Å². The molecule has 2 aromatic rings. The second kappa shape index (κ2) is 6.51. The van der Waals surface area contributed by atoms with Crippen LogP contribution in [0.5, 0.6) is 0 Å². The molecule has 0 aliphatic heterocycles. The Balaban J connectivity index is 1.80. The number of carbonyl (C=O) groups excluding carboxylic acids is 1. The molecule has 1 aromatic heterocycles. The molecule has 0 aliphatic rings. The van der Waals surface area contributed by atoms with Crippen molar-refractivity contribution in [2.24, 2.45) is 0 Å². The largest absolute Gasteiger partial charge is 0.352 e. The van der Waals surface area contributed by atoms with Gasteiger partial charge in [-0.1, -0.05) is 30.0 Å². The van der Waals surface area contributed by atoms with Gasteiger partial charge in [0, 0.05) is 18.5 Å². The summed E-state index contributed by atoms with van der Waals surface area (Å²) < 4.78 is 5.17. The molecule has 0 radical (unpaired) electrons. The van der Waals surface area contributed by atoms with Gasteiger partial charge < -0.3 is 5.32 Å². The number of thioether (sulfide) groups is 1. The van der Waals surface area contributed by atoms with E-state index in [0.717, 1.165) is 10.2 Å². The molecule has 0 spiro atoms. The van der Waals surface area contributed by atoms with E-state index in [4.69, 9.17) is 0 Å². The number of hydrogen-bond acceptors (Lipinski definition) is 5. The van der Waals surface area contributed by atoms with Crippen molar-refractivity contribution in [3.05, 3.63) is 41.7 Å². The van der Waals surface area contributed by atoms with Gasteiger partial charge in [-0.3, -0.25) is 4.79 Å². The Kier molecular flexibility index (Phi) is 4.72. The van der Waals surface area contributed by atoms with Gasteiger partial charge in [-0.25, -0.2) is 4.98 Å². The van der Waals surface area contributed by atoms with E-state index in [2.05, 4.69) is 14.7 Å². The molecule has 0 bridgehead atoms. The fourth-order valence-corrected chi connectivity index (χ4v) is 2.47. The van der Waals surface area contributed by atoms with Crippen LogP contribution in [0.2, 0.25) is 0 Å². The van der Waals surface area contributed by atoms with Crippen molar-refractivity contribution in [1.82, 2.24) is 14.7 Å². The molecule has 18 heavy (non-hydrogen) atoms. The molecule has 0 saturated carbocycles. The summed E-state index contributed by atoms with van der Waals surface area (Å²) in [5.74, 6) is 0.730. The van der Waals surface area contributed by atoms with Gasteiger partial charge in [-0.05, 0) is 29.9 Å². The molecule has 0 aliphatic carbocycles. The fraction of sp³-hybridized carbons (Fsp3) is 0.250. The maximum Gasteiger partial charge on any atom is 0.251 e. The molecular formula is C12H13N3OS2. The van der Waals surface area contributed by atoms with Crippen LogP contribution in [0.15, 0.2) is 34.7 Å². The molecular weight excluding hydrogens is 266 g/mol. The minimum Gasteiger partial charge on any atom is -0.352 e. The molecule has 2 rings (SSSR count). The van der Waals surface area contributed by atoms with E-state index in [-0.39, 0.29) is 5.91 Å². The van der Waals surface area contributed by atoms with Crippen LogP contribution in [0.3, 0.4) is 0 Å². The molecule has 6 heteroatoms. The van der Waals surface area contributed by atoms with Crippen LogP contribution in [-0.4, -0.2) is 28.1 Å². The number of carbonyl (C=O) groups is 1. The summed E-state index contributed by atoms with van der Waals surface area (Å²) >= 11 is 2.98. The lowest BCUT2D eigenvalue weighted by atomic mass is 10.2. The highest BCUT2D eigenvalue weighted by atomic mass is 32.2. The lowest BCUT2D eigenvalue weighted by Gasteiger charge is -2.02. The number of amides is 1. The van der Waals surface area contributed by atoms with Gasteiger partial charge in [-0.2, -0.15) is 4.37 Å². The number of benzene rings is 1. The molecule has 4 nitrogen and oxygen atoms in total. The Labute approximate surface area is 114 Å². The first-order chi connectivity index (χ1) is 8.79. The van der Waals surface area contributed by atoms with Crippen LogP contribution in [0.25, 0.3) is 0 Å². The molecule has 0 saturated heterocycles. The van der Waals surface area contributed by atoms with E-state index in [0.29, 0.717) is 18.5 Å². The third-order valence-corrected chi connectivity index (χ3v) is 4.01. The average Bonchev–Trinajstić information content (AvgIpc) is 2.87. The zero-order valence-corrected chi connectivity index (χ0v) is 11.6. The fourth-order valence-electron chi connectivity index (χ4n) is 1.40. The summed E-state index contributed by atoms with van der Waals surface area (Å²) in [6, 6.07) is 9.17. The van der Waals surface area contributed by atoms with Crippen molar-refractivity contribution < 1.29 is 4.79 Å². The maximum atomic E-state index is 11.7. The lowest BCUT2D eigenvalue weighted by molar-refractivity contribution is 0.0954. The predicted molar refractivity (Wildman–Crippen MR) is 74.2 cm³/mol. The zero-order valence-electron chi connectivity index (χ0n) is 9.92. The van der Waals surface area contributed by atoms with E-state index in [9.17, 15) is 4.79 Å². The summed E-state index contributed by atoms with van der Waals surface area (Å²) in [6.07, 6.45) is 2.64. The molecule has 1 heterocycles. The van der Waals surface area contributed by atoms with Gasteiger partial charge in [0.05, 0.1) is 0 Å². The van der Waals surface area contributed by atoms with Crippen LogP contribution >= 0.6 is 23.3 Å². The van der Waals surface area contributed by atoms with E-state index < -0.39 is 0 Å². The SMILES string of the molecule is CSc1nc(CCNC(=O)c2ccccc2)ns1. The Morgan fingerprint density at radius 1 is 1.39 bits per heavy atom. The summed E-state index contributed by atoms with van der Waals surface area (Å²) in [4.78, 5) is 16.1. The van der Waals surface area contributed by atoms with Crippen LogP contribution in [0.1, 0.15) is 16.2 Å². The summed E-state index contributed by atoms with van der Waals surface area (Å²) in [7, 11) is 0. The molecule has 0 fully saturated rings. The quantitative estimate of drug-likeness (QED) is 0.853. The number of nitrogens with zero attached hydrogens (tertiary/aromatic N) is 2. The van der Waals surface area contributed by atoms with Crippen LogP contribution in [0.4, 0.5) is 0 Å². The third kappa shape index (κ3) is 3.54. The topological polar surface area (TPSA) is 54.9 Å². The predicted octanol–water partition coefficient (Wildman–Crippen LogP) is 2.23. The highest BCUT2D eigenvalue weighted by molar-refractivity contribution is 8.00. The molecule has 1 amide bonds. The van der Waals surface area contributed by atoms with Crippen molar-refractivity contribution in [3.63, 3.8) is 0 Å². The van der Waals surface area contributed by atoms with Crippen molar-refractivity contribution >= 4 is 29.2 Å². The summed E-state index contributed by atoms with van der Waals surface area (Å²) in [5.41, 5.74) is 0.675. The molecule has 0 atom stereocenters. The van der Waals surface area contributed by atoms with Crippen molar-refractivity contribution in [2.75, 3.05) is 12.8 Å². The Hall–Kier alpha value is -1.40. The summed E-state index contributed by atoms with van der Waals surface area (Å²) in [5, 5.41) is 2.85. The highest BCUT2D eigenvalue weighted by Gasteiger charge is 2.06. The monoisotopic (exact) mass is 279 g/mol. The first kappa shape index (κ1) is 13.0. The minimum atomic E-state index is -0.0593. The second-order valence-corrected chi connectivity index (χ2v) is 5.36. The minimum absolute atomic E-state index is 0.0593. The first-order valence-corrected chi connectivity index (χ1v) is 7.49. The van der Waals surface area contributed by atoms with Crippen LogP contribution in [-0.2, 0) is 6.42 Å². The third-order valence-electron chi connectivity index (χ3n) is 2.29. The maximum absolute atomic E-state index is 11.7. The first-order valence-electron chi connectivity index (χ1n) is 5.49. The Morgan fingerprint density at radius 3 is 2.83 bits per heavy atom. The zero-order chi connectivity index (χ0) is 12.8. The van der Waals surface area contributed by atoms with Crippen LogP contribution < -0.4 is 5.32 Å². The van der Waals surface area contributed by atoms with Crippen LogP contribution in [0, 0.1) is 0 Å². The molecule has 0 unspecified atom stereocenters. The number of hydrogen-bond donors (Lipinski definition) is 1. The van der Waals surface area contributed by atoms with Gasteiger partial charge >= 0.3 is 0 Å². The average molecular weight is 279 g/mol. The number of nitrogens with one attached hydrogen (secondary N) is 1. The van der Waals surface area contributed by atoms with E-state index in [1.165, 1.54) is 11.5 Å². The van der Waals surface area contributed by atoms with Crippen molar-refractivity contribution in [3.8, 4) is 0 Å². The highest BCUT2D eigenvalue weighted by Crippen LogP contribution is 2.16. The normalized spacial score (nSPS) is 10.3. The van der Waals surface area contributed by atoms with Gasteiger partial charge in [0.15, 0.2) is 4.34 Å².